The van der Waals surface area contributed by atoms with Crippen LogP contribution in [0.4, 0.5) is 13.2 Å². The van der Waals surface area contributed by atoms with Gasteiger partial charge in [-0.3, -0.25) is 0 Å². The molecule has 0 bridgehead atoms. The van der Waals surface area contributed by atoms with Gasteiger partial charge < -0.3 is 4.74 Å². The maximum atomic E-state index is 12.9. The van der Waals surface area contributed by atoms with Gasteiger partial charge in [0.2, 0.25) is 10.0 Å². The number of nitrogens with zero attached hydrogens (tertiary/aromatic N) is 1. The molecule has 0 aromatic heterocycles. The molecule has 0 aliphatic heterocycles. The second-order valence-corrected chi connectivity index (χ2v) is 7.68. The Balaban J connectivity index is 2.37. The first-order chi connectivity index (χ1) is 11.6. The van der Waals surface area contributed by atoms with E-state index in [2.05, 4.69) is 0 Å². The molecular weight excluding hydrogens is 379 g/mol. The summed E-state index contributed by atoms with van der Waals surface area (Å²) in [7, 11) is -1.47. The van der Waals surface area contributed by atoms with Crippen molar-refractivity contribution in [2.75, 3.05) is 14.2 Å². The van der Waals surface area contributed by atoms with Gasteiger partial charge in [-0.25, -0.2) is 8.42 Å². The highest BCUT2D eigenvalue weighted by Crippen LogP contribution is 2.34. The summed E-state index contributed by atoms with van der Waals surface area (Å²) in [6.07, 6.45) is -4.67. The molecule has 0 unspecified atom stereocenters. The van der Waals surface area contributed by atoms with Crippen LogP contribution in [0.5, 0.6) is 5.75 Å². The zero-order valence-corrected chi connectivity index (χ0v) is 14.9. The minimum atomic E-state index is -4.67. The molecule has 0 amide bonds. The minimum absolute atomic E-state index is 0.0495. The van der Waals surface area contributed by atoms with Crippen LogP contribution in [0.15, 0.2) is 47.4 Å². The van der Waals surface area contributed by atoms with Gasteiger partial charge in [0.05, 0.1) is 17.7 Å². The molecule has 0 N–H and O–H groups in total. The van der Waals surface area contributed by atoms with Gasteiger partial charge in [0.1, 0.15) is 10.6 Å². The number of methoxy groups -OCH3 is 1. The van der Waals surface area contributed by atoms with Crippen LogP contribution in [0.3, 0.4) is 0 Å². The number of alkyl halides is 3. The van der Waals surface area contributed by atoms with E-state index >= 15 is 0 Å². The Hall–Kier alpha value is -1.77. The predicted molar refractivity (Wildman–Crippen MR) is 88.1 cm³/mol. The molecule has 0 aliphatic rings. The molecule has 136 valence electrons. The van der Waals surface area contributed by atoms with E-state index in [0.717, 1.165) is 16.4 Å². The van der Waals surface area contributed by atoms with Gasteiger partial charge in [0.15, 0.2) is 0 Å². The summed E-state index contributed by atoms with van der Waals surface area (Å²) >= 11 is 5.83. The smallest absolute Gasteiger partial charge is 0.416 e. The van der Waals surface area contributed by atoms with Crippen molar-refractivity contribution in [2.45, 2.75) is 17.6 Å². The summed E-state index contributed by atoms with van der Waals surface area (Å²) in [5.41, 5.74) is -0.459. The highest BCUT2D eigenvalue weighted by atomic mass is 35.5. The Morgan fingerprint density at radius 3 is 2.44 bits per heavy atom. The number of benzene rings is 2. The van der Waals surface area contributed by atoms with Crippen LogP contribution in [0.2, 0.25) is 5.02 Å². The van der Waals surface area contributed by atoms with Crippen LogP contribution in [0.1, 0.15) is 11.1 Å². The Kier molecular flexibility index (Phi) is 5.65. The average molecular weight is 394 g/mol. The lowest BCUT2D eigenvalue weighted by molar-refractivity contribution is -0.137. The average Bonchev–Trinajstić information content (AvgIpc) is 2.54. The summed E-state index contributed by atoms with van der Waals surface area (Å²) in [5.74, 6) is 0.542. The lowest BCUT2D eigenvalue weighted by Crippen LogP contribution is -2.27. The fourth-order valence-corrected chi connectivity index (χ4v) is 3.81. The molecule has 0 atom stereocenters. The third-order valence-corrected chi connectivity index (χ3v) is 5.77. The van der Waals surface area contributed by atoms with Crippen molar-refractivity contribution in [2.24, 2.45) is 0 Å². The lowest BCUT2D eigenvalue weighted by Gasteiger charge is -2.19. The minimum Gasteiger partial charge on any atom is -0.497 e. The largest absolute Gasteiger partial charge is 0.497 e. The number of sulfonamides is 1. The molecule has 0 radical (unpaired) electrons. The summed E-state index contributed by atoms with van der Waals surface area (Å²) < 4.78 is 69.8. The summed E-state index contributed by atoms with van der Waals surface area (Å²) in [6.45, 7) is -0.0495. The molecule has 25 heavy (non-hydrogen) atoms. The molecule has 0 aliphatic carbocycles. The highest BCUT2D eigenvalue weighted by Gasteiger charge is 2.33. The van der Waals surface area contributed by atoms with Crippen LogP contribution in [0.25, 0.3) is 0 Å². The quantitative estimate of drug-likeness (QED) is 0.765. The molecular formula is C16H15ClF3NO3S. The van der Waals surface area contributed by atoms with Gasteiger partial charge in [0.25, 0.3) is 0 Å². The van der Waals surface area contributed by atoms with Crippen LogP contribution in [0, 0.1) is 0 Å². The monoisotopic (exact) mass is 393 g/mol. The molecule has 0 saturated heterocycles. The van der Waals surface area contributed by atoms with Crippen molar-refractivity contribution in [1.82, 2.24) is 4.31 Å². The van der Waals surface area contributed by atoms with Gasteiger partial charge in [-0.1, -0.05) is 23.7 Å². The van der Waals surface area contributed by atoms with Crippen molar-refractivity contribution >= 4 is 21.6 Å². The Labute approximate surface area is 148 Å². The Bertz CT molecular complexity index is 869. The van der Waals surface area contributed by atoms with Gasteiger partial charge in [-0.05, 0) is 35.9 Å². The normalized spacial score (nSPS) is 12.4. The van der Waals surface area contributed by atoms with Crippen LogP contribution >= 0.6 is 11.6 Å². The van der Waals surface area contributed by atoms with E-state index in [1.165, 1.54) is 14.2 Å². The second kappa shape index (κ2) is 7.23. The van der Waals surface area contributed by atoms with Gasteiger partial charge in [-0.2, -0.15) is 17.5 Å². The topological polar surface area (TPSA) is 46.6 Å². The number of halogens is 4. The third-order valence-electron chi connectivity index (χ3n) is 3.49. The highest BCUT2D eigenvalue weighted by molar-refractivity contribution is 7.89. The second-order valence-electron chi connectivity index (χ2n) is 5.26. The molecule has 9 heteroatoms. The van der Waals surface area contributed by atoms with Crippen molar-refractivity contribution in [3.8, 4) is 5.75 Å². The van der Waals surface area contributed by atoms with E-state index in [1.807, 2.05) is 0 Å². The Morgan fingerprint density at radius 1 is 1.16 bits per heavy atom. The fourth-order valence-electron chi connectivity index (χ4n) is 2.16. The maximum absolute atomic E-state index is 12.9. The number of ether oxygens (including phenoxy) is 1. The summed E-state index contributed by atoms with van der Waals surface area (Å²) in [6, 6.07) is 8.91. The summed E-state index contributed by atoms with van der Waals surface area (Å²) in [4.78, 5) is -0.589. The van der Waals surface area contributed by atoms with Crippen LogP contribution < -0.4 is 4.74 Å². The van der Waals surface area contributed by atoms with E-state index in [9.17, 15) is 21.6 Å². The molecule has 2 aromatic carbocycles. The van der Waals surface area contributed by atoms with E-state index < -0.39 is 26.7 Å². The first-order valence-electron chi connectivity index (χ1n) is 7.01. The molecule has 0 heterocycles. The summed E-state index contributed by atoms with van der Waals surface area (Å²) in [5, 5.41) is -0.273. The van der Waals surface area contributed by atoms with E-state index in [0.29, 0.717) is 17.4 Å². The first-order valence-corrected chi connectivity index (χ1v) is 8.83. The zero-order valence-electron chi connectivity index (χ0n) is 13.3. The number of hydrogen-bond acceptors (Lipinski definition) is 3. The van der Waals surface area contributed by atoms with Crippen molar-refractivity contribution in [1.29, 1.82) is 0 Å². The van der Waals surface area contributed by atoms with E-state index in [4.69, 9.17) is 16.3 Å². The van der Waals surface area contributed by atoms with E-state index in [1.54, 1.807) is 24.3 Å². The van der Waals surface area contributed by atoms with Crippen molar-refractivity contribution < 1.29 is 26.3 Å². The molecule has 2 aromatic rings. The van der Waals surface area contributed by atoms with Gasteiger partial charge in [0, 0.05) is 13.6 Å². The van der Waals surface area contributed by atoms with Crippen LogP contribution in [-0.2, 0) is 22.7 Å². The Morgan fingerprint density at radius 2 is 1.84 bits per heavy atom. The maximum Gasteiger partial charge on any atom is 0.416 e. The predicted octanol–water partition coefficient (Wildman–Crippen LogP) is 4.19. The fraction of sp³-hybridized carbons (Fsp3) is 0.250. The molecule has 2 rings (SSSR count). The van der Waals surface area contributed by atoms with Crippen molar-refractivity contribution in [3.63, 3.8) is 0 Å². The number of rotatable bonds is 5. The first kappa shape index (κ1) is 19.6. The molecule has 0 saturated carbocycles. The van der Waals surface area contributed by atoms with Gasteiger partial charge >= 0.3 is 6.18 Å². The third kappa shape index (κ3) is 4.45. The van der Waals surface area contributed by atoms with E-state index in [-0.39, 0.29) is 11.6 Å². The van der Waals surface area contributed by atoms with Crippen molar-refractivity contribution in [3.05, 3.63) is 58.6 Å². The van der Waals surface area contributed by atoms with Crippen LogP contribution in [-0.4, -0.2) is 26.9 Å². The van der Waals surface area contributed by atoms with Gasteiger partial charge in [-0.15, -0.1) is 0 Å². The SMILES string of the molecule is COc1cccc(CN(C)S(=O)(=O)c2cc(C(F)(F)F)ccc2Cl)c1. The zero-order chi connectivity index (χ0) is 18.8. The molecule has 0 fully saturated rings. The standard InChI is InChI=1S/C16H15ClF3NO3S/c1-21(10-11-4-3-5-13(8-11)24-2)25(22,23)15-9-12(16(18,19)20)6-7-14(15)17/h3-9H,10H2,1-2H3. The molecule has 4 nitrogen and oxygen atoms in total. The lowest BCUT2D eigenvalue weighted by atomic mass is 10.2. The number of hydrogen-bond donors (Lipinski definition) is 0. The molecule has 0 spiro atoms.